The largest absolute Gasteiger partial charge is 0.390 e. The smallest absolute Gasteiger partial charge is 0.0821 e. The summed E-state index contributed by atoms with van der Waals surface area (Å²) < 4.78 is 0. The molecule has 0 saturated heterocycles. The summed E-state index contributed by atoms with van der Waals surface area (Å²) >= 11 is 0. The molecule has 3 heteroatoms. The van der Waals surface area contributed by atoms with Gasteiger partial charge in [0.15, 0.2) is 0 Å². The van der Waals surface area contributed by atoms with Crippen molar-refractivity contribution in [2.75, 3.05) is 13.1 Å². The molecule has 1 aliphatic rings. The van der Waals surface area contributed by atoms with Gasteiger partial charge in [-0.1, -0.05) is 44.2 Å². The highest BCUT2D eigenvalue weighted by Gasteiger charge is 2.31. The van der Waals surface area contributed by atoms with Crippen molar-refractivity contribution in [3.63, 3.8) is 0 Å². The third-order valence-electron chi connectivity index (χ3n) is 4.29. The summed E-state index contributed by atoms with van der Waals surface area (Å²) in [4.78, 5) is 2.44. The van der Waals surface area contributed by atoms with Gasteiger partial charge in [0.1, 0.15) is 0 Å². The van der Waals surface area contributed by atoms with Crippen molar-refractivity contribution >= 4 is 0 Å². The van der Waals surface area contributed by atoms with Gasteiger partial charge in [-0.2, -0.15) is 0 Å². The van der Waals surface area contributed by atoms with E-state index in [-0.39, 0.29) is 6.04 Å². The van der Waals surface area contributed by atoms with E-state index >= 15 is 0 Å². The molecule has 3 N–H and O–H groups in total. The number of nitrogens with zero attached hydrogens (tertiary/aromatic N) is 1. The highest BCUT2D eigenvalue weighted by atomic mass is 16.3. The van der Waals surface area contributed by atoms with E-state index in [4.69, 9.17) is 5.73 Å². The van der Waals surface area contributed by atoms with E-state index in [1.807, 2.05) is 18.2 Å². The van der Waals surface area contributed by atoms with E-state index in [0.29, 0.717) is 18.5 Å². The van der Waals surface area contributed by atoms with Crippen LogP contribution in [0.15, 0.2) is 30.3 Å². The molecule has 1 aromatic carbocycles. The van der Waals surface area contributed by atoms with Gasteiger partial charge in [-0.05, 0) is 43.7 Å². The number of nitrogens with two attached hydrogens (primary N) is 1. The summed E-state index contributed by atoms with van der Waals surface area (Å²) in [6.45, 7) is 6.30. The number of hydrogen-bond donors (Lipinski definition) is 2. The second-order valence-corrected chi connectivity index (χ2v) is 6.83. The van der Waals surface area contributed by atoms with E-state index in [0.717, 1.165) is 13.0 Å². The Morgan fingerprint density at radius 2 is 1.90 bits per heavy atom. The van der Waals surface area contributed by atoms with Gasteiger partial charge < -0.3 is 10.8 Å². The monoisotopic (exact) mass is 290 g/mol. The quantitative estimate of drug-likeness (QED) is 0.734. The van der Waals surface area contributed by atoms with Crippen molar-refractivity contribution in [2.45, 2.75) is 57.7 Å². The van der Waals surface area contributed by atoms with Crippen molar-refractivity contribution in [2.24, 2.45) is 11.7 Å². The maximum absolute atomic E-state index is 10.4. The van der Waals surface area contributed by atoms with Gasteiger partial charge in [-0.25, -0.2) is 0 Å². The molecule has 1 fully saturated rings. The normalized spacial score (nSPS) is 18.2. The summed E-state index contributed by atoms with van der Waals surface area (Å²) in [5.74, 6) is 0.710. The molecule has 0 bridgehead atoms. The first kappa shape index (κ1) is 16.5. The molecule has 2 atom stereocenters. The zero-order valence-corrected chi connectivity index (χ0v) is 13.4. The Labute approximate surface area is 129 Å². The minimum absolute atomic E-state index is 0.187. The van der Waals surface area contributed by atoms with Gasteiger partial charge in [0.2, 0.25) is 0 Å². The van der Waals surface area contributed by atoms with Crippen molar-refractivity contribution < 1.29 is 5.11 Å². The highest BCUT2D eigenvalue weighted by Crippen LogP contribution is 2.27. The number of hydrogen-bond acceptors (Lipinski definition) is 3. The molecule has 1 aromatic rings. The van der Waals surface area contributed by atoms with Gasteiger partial charge in [-0.3, -0.25) is 4.90 Å². The summed E-state index contributed by atoms with van der Waals surface area (Å²) in [5.41, 5.74) is 7.40. The second-order valence-electron chi connectivity index (χ2n) is 6.83. The molecule has 21 heavy (non-hydrogen) atoms. The molecule has 1 aliphatic carbocycles. The van der Waals surface area contributed by atoms with Crippen LogP contribution in [-0.4, -0.2) is 41.3 Å². The van der Waals surface area contributed by atoms with Crippen LogP contribution in [0.5, 0.6) is 0 Å². The van der Waals surface area contributed by atoms with Gasteiger partial charge in [0, 0.05) is 18.6 Å². The zero-order valence-electron chi connectivity index (χ0n) is 13.4. The van der Waals surface area contributed by atoms with E-state index in [2.05, 4.69) is 30.9 Å². The topological polar surface area (TPSA) is 49.5 Å². The van der Waals surface area contributed by atoms with E-state index < -0.39 is 6.10 Å². The van der Waals surface area contributed by atoms with Crippen LogP contribution in [-0.2, 0) is 6.42 Å². The number of rotatable bonds is 9. The first-order valence-electron chi connectivity index (χ1n) is 8.28. The van der Waals surface area contributed by atoms with Crippen LogP contribution in [0.4, 0.5) is 0 Å². The van der Waals surface area contributed by atoms with Crippen molar-refractivity contribution in [3.05, 3.63) is 35.9 Å². The Kier molecular flexibility index (Phi) is 6.22. The van der Waals surface area contributed by atoms with E-state index in [1.54, 1.807) is 0 Å². The Morgan fingerprint density at radius 3 is 2.48 bits per heavy atom. The van der Waals surface area contributed by atoms with Crippen LogP contribution >= 0.6 is 0 Å². The molecule has 0 radical (unpaired) electrons. The van der Waals surface area contributed by atoms with E-state index in [1.165, 1.54) is 24.8 Å². The fourth-order valence-corrected chi connectivity index (χ4v) is 2.68. The van der Waals surface area contributed by atoms with Gasteiger partial charge >= 0.3 is 0 Å². The van der Waals surface area contributed by atoms with Gasteiger partial charge in [0.25, 0.3) is 0 Å². The Morgan fingerprint density at radius 1 is 1.24 bits per heavy atom. The average molecular weight is 290 g/mol. The molecule has 0 spiro atoms. The molecule has 1 saturated carbocycles. The van der Waals surface area contributed by atoms with Crippen molar-refractivity contribution in [1.29, 1.82) is 0 Å². The number of aliphatic hydroxyl groups is 1. The maximum atomic E-state index is 10.4. The fraction of sp³-hybridized carbons (Fsp3) is 0.667. The third-order valence-corrected chi connectivity index (χ3v) is 4.29. The molecular weight excluding hydrogens is 260 g/mol. The van der Waals surface area contributed by atoms with Crippen molar-refractivity contribution in [1.82, 2.24) is 4.90 Å². The lowest BCUT2D eigenvalue weighted by Crippen LogP contribution is -2.45. The van der Waals surface area contributed by atoms with Crippen LogP contribution in [0.3, 0.4) is 0 Å². The zero-order chi connectivity index (χ0) is 15.2. The standard InChI is InChI=1S/C18H30N2O/c1-14(2)10-11-20(16-8-9-16)13-18(21)17(19)12-15-6-4-3-5-7-15/h3-7,14,16-18,21H,8-13,19H2,1-2H3. The Hall–Kier alpha value is -0.900. The second kappa shape index (κ2) is 7.92. The molecule has 118 valence electrons. The first-order chi connectivity index (χ1) is 10.1. The van der Waals surface area contributed by atoms with Crippen LogP contribution < -0.4 is 5.73 Å². The predicted molar refractivity (Wildman–Crippen MR) is 88.2 cm³/mol. The lowest BCUT2D eigenvalue weighted by atomic mass is 10.0. The molecule has 0 aliphatic heterocycles. The molecular formula is C18H30N2O. The first-order valence-corrected chi connectivity index (χ1v) is 8.28. The average Bonchev–Trinajstić information content (AvgIpc) is 3.28. The lowest BCUT2D eigenvalue weighted by molar-refractivity contribution is 0.0848. The molecule has 3 nitrogen and oxygen atoms in total. The molecule has 0 amide bonds. The summed E-state index contributed by atoms with van der Waals surface area (Å²) in [6.07, 6.45) is 4.04. The molecule has 2 unspecified atom stereocenters. The van der Waals surface area contributed by atoms with E-state index in [9.17, 15) is 5.11 Å². The van der Waals surface area contributed by atoms with Gasteiger partial charge in [0.05, 0.1) is 6.10 Å². The van der Waals surface area contributed by atoms with Crippen molar-refractivity contribution in [3.8, 4) is 0 Å². The van der Waals surface area contributed by atoms with Gasteiger partial charge in [-0.15, -0.1) is 0 Å². The van der Waals surface area contributed by atoms with Crippen LogP contribution in [0.25, 0.3) is 0 Å². The van der Waals surface area contributed by atoms with Crippen LogP contribution in [0, 0.1) is 5.92 Å². The minimum atomic E-state index is -0.446. The minimum Gasteiger partial charge on any atom is -0.390 e. The summed E-state index contributed by atoms with van der Waals surface area (Å²) in [5, 5.41) is 10.4. The fourth-order valence-electron chi connectivity index (χ4n) is 2.68. The van der Waals surface area contributed by atoms with Crippen LogP contribution in [0.2, 0.25) is 0 Å². The Balaban J connectivity index is 1.81. The summed E-state index contributed by atoms with van der Waals surface area (Å²) in [6, 6.07) is 10.7. The molecule has 2 rings (SSSR count). The lowest BCUT2D eigenvalue weighted by Gasteiger charge is -2.28. The number of aliphatic hydroxyl groups excluding tert-OH is 1. The molecule has 0 aromatic heterocycles. The maximum Gasteiger partial charge on any atom is 0.0821 e. The highest BCUT2D eigenvalue weighted by molar-refractivity contribution is 5.16. The molecule has 0 heterocycles. The SMILES string of the molecule is CC(C)CCN(CC(O)C(N)Cc1ccccc1)C1CC1. The summed E-state index contributed by atoms with van der Waals surface area (Å²) in [7, 11) is 0. The third kappa shape index (κ3) is 5.77. The predicted octanol–water partition coefficient (Wildman–Crippen LogP) is 2.43. The van der Waals surface area contributed by atoms with Crippen LogP contribution in [0.1, 0.15) is 38.7 Å². The number of benzene rings is 1. The Bertz CT molecular complexity index is 403.